The first-order valence-electron chi connectivity index (χ1n) is 6.99. The Kier molecular flexibility index (Phi) is 4.25. The Morgan fingerprint density at radius 1 is 0.957 bits per heavy atom. The molecule has 0 bridgehead atoms. The van der Waals surface area contributed by atoms with Crippen LogP contribution in [0.4, 0.5) is 0 Å². The highest BCUT2D eigenvalue weighted by Crippen LogP contribution is 2.23. The molecule has 1 aliphatic rings. The van der Waals surface area contributed by atoms with Gasteiger partial charge in [-0.05, 0) is 36.2 Å². The SMILES string of the molecule is O=C(CCc1ccc(Br)cc1)ON1C(=O)c2ccccc2C1=O. The molecule has 1 aliphatic heterocycles. The summed E-state index contributed by atoms with van der Waals surface area (Å²) >= 11 is 3.34. The van der Waals surface area contributed by atoms with E-state index in [0.29, 0.717) is 11.5 Å². The molecule has 0 spiro atoms. The van der Waals surface area contributed by atoms with Crippen LogP contribution in [0.3, 0.4) is 0 Å². The van der Waals surface area contributed by atoms with Crippen LogP contribution in [0, 0.1) is 0 Å². The lowest BCUT2D eigenvalue weighted by molar-refractivity contribution is -0.168. The Labute approximate surface area is 140 Å². The molecule has 0 saturated heterocycles. The number of hydrogen-bond acceptors (Lipinski definition) is 4. The number of hydroxylamine groups is 2. The van der Waals surface area contributed by atoms with Crippen LogP contribution < -0.4 is 0 Å². The molecule has 116 valence electrons. The summed E-state index contributed by atoms with van der Waals surface area (Å²) in [7, 11) is 0. The van der Waals surface area contributed by atoms with Crippen molar-refractivity contribution in [2.45, 2.75) is 12.8 Å². The standard InChI is InChI=1S/C17H12BrNO4/c18-12-8-5-11(6-9-12)7-10-15(20)23-19-16(21)13-3-1-2-4-14(13)17(19)22/h1-6,8-9H,7,10H2. The minimum atomic E-state index is -0.623. The van der Waals surface area contributed by atoms with E-state index in [1.807, 2.05) is 24.3 Å². The number of carbonyl (C=O) groups is 3. The molecule has 0 N–H and O–H groups in total. The maximum Gasteiger partial charge on any atom is 0.333 e. The Bertz CT molecular complexity index is 750. The molecule has 0 radical (unpaired) electrons. The number of imide groups is 1. The van der Waals surface area contributed by atoms with Crippen molar-refractivity contribution >= 4 is 33.7 Å². The fourth-order valence-electron chi connectivity index (χ4n) is 2.29. The van der Waals surface area contributed by atoms with Gasteiger partial charge in [0.05, 0.1) is 17.5 Å². The highest BCUT2D eigenvalue weighted by atomic mass is 79.9. The van der Waals surface area contributed by atoms with E-state index in [-0.39, 0.29) is 17.5 Å². The molecule has 3 rings (SSSR count). The Morgan fingerprint density at radius 2 is 1.52 bits per heavy atom. The maximum absolute atomic E-state index is 12.1. The van der Waals surface area contributed by atoms with Gasteiger partial charge in [-0.1, -0.05) is 45.3 Å². The van der Waals surface area contributed by atoms with Crippen LogP contribution in [0.5, 0.6) is 0 Å². The average molecular weight is 374 g/mol. The van der Waals surface area contributed by atoms with Crippen molar-refractivity contribution in [1.82, 2.24) is 5.06 Å². The summed E-state index contributed by atoms with van der Waals surface area (Å²) in [5, 5.41) is 0.536. The minimum absolute atomic E-state index is 0.0784. The lowest BCUT2D eigenvalue weighted by Crippen LogP contribution is -2.32. The molecule has 0 aliphatic carbocycles. The molecular formula is C17H12BrNO4. The van der Waals surface area contributed by atoms with Crippen LogP contribution in [0.1, 0.15) is 32.7 Å². The minimum Gasteiger partial charge on any atom is -0.330 e. The lowest BCUT2D eigenvalue weighted by Gasteiger charge is -2.12. The third kappa shape index (κ3) is 3.17. The second-order valence-corrected chi connectivity index (χ2v) is 5.96. The van der Waals surface area contributed by atoms with Crippen molar-refractivity contribution in [2.75, 3.05) is 0 Å². The molecular weight excluding hydrogens is 362 g/mol. The Hall–Kier alpha value is -2.47. The van der Waals surface area contributed by atoms with Crippen molar-refractivity contribution in [2.24, 2.45) is 0 Å². The summed E-state index contributed by atoms with van der Waals surface area (Å²) in [5.41, 5.74) is 1.46. The number of carbonyl (C=O) groups excluding carboxylic acids is 3. The summed E-state index contributed by atoms with van der Waals surface area (Å²) in [4.78, 5) is 41.0. The van der Waals surface area contributed by atoms with Crippen molar-refractivity contribution in [3.8, 4) is 0 Å². The quantitative estimate of drug-likeness (QED) is 0.772. The first-order chi connectivity index (χ1) is 11.1. The zero-order valence-electron chi connectivity index (χ0n) is 12.0. The zero-order valence-corrected chi connectivity index (χ0v) is 13.6. The van der Waals surface area contributed by atoms with Gasteiger partial charge in [0, 0.05) is 4.47 Å². The Balaban J connectivity index is 1.62. The zero-order chi connectivity index (χ0) is 16.4. The second kappa shape index (κ2) is 6.34. The highest BCUT2D eigenvalue weighted by Gasteiger charge is 2.38. The first kappa shape index (κ1) is 15.4. The van der Waals surface area contributed by atoms with Crippen LogP contribution >= 0.6 is 15.9 Å². The fraction of sp³-hybridized carbons (Fsp3) is 0.118. The van der Waals surface area contributed by atoms with Crippen molar-refractivity contribution in [3.05, 3.63) is 69.7 Å². The number of fused-ring (bicyclic) bond motifs is 1. The van der Waals surface area contributed by atoms with Crippen molar-refractivity contribution in [3.63, 3.8) is 0 Å². The summed E-state index contributed by atoms with van der Waals surface area (Å²) in [6, 6.07) is 13.9. The van der Waals surface area contributed by atoms with E-state index < -0.39 is 17.8 Å². The van der Waals surface area contributed by atoms with E-state index in [2.05, 4.69) is 15.9 Å². The van der Waals surface area contributed by atoms with Gasteiger partial charge in [0.15, 0.2) is 0 Å². The van der Waals surface area contributed by atoms with Gasteiger partial charge in [-0.2, -0.15) is 0 Å². The molecule has 2 aromatic carbocycles. The number of nitrogens with zero attached hydrogens (tertiary/aromatic N) is 1. The van der Waals surface area contributed by atoms with Crippen molar-refractivity contribution < 1.29 is 19.2 Å². The average Bonchev–Trinajstić information content (AvgIpc) is 2.80. The van der Waals surface area contributed by atoms with Crippen LogP contribution in [-0.2, 0) is 16.1 Å². The van der Waals surface area contributed by atoms with E-state index in [1.165, 1.54) is 12.1 Å². The van der Waals surface area contributed by atoms with Gasteiger partial charge >= 0.3 is 5.97 Å². The smallest absolute Gasteiger partial charge is 0.330 e. The first-order valence-corrected chi connectivity index (χ1v) is 7.78. The largest absolute Gasteiger partial charge is 0.333 e. The molecule has 6 heteroatoms. The molecule has 5 nitrogen and oxygen atoms in total. The van der Waals surface area contributed by atoms with Crippen molar-refractivity contribution in [1.29, 1.82) is 0 Å². The van der Waals surface area contributed by atoms with Crippen LogP contribution in [0.25, 0.3) is 0 Å². The van der Waals surface area contributed by atoms with E-state index in [1.54, 1.807) is 12.1 Å². The van der Waals surface area contributed by atoms with Crippen LogP contribution in [0.2, 0.25) is 0 Å². The summed E-state index contributed by atoms with van der Waals surface area (Å²) in [6.45, 7) is 0. The van der Waals surface area contributed by atoms with Gasteiger partial charge in [-0.25, -0.2) is 4.79 Å². The second-order valence-electron chi connectivity index (χ2n) is 5.04. The van der Waals surface area contributed by atoms with Crippen LogP contribution in [0.15, 0.2) is 53.0 Å². The summed E-state index contributed by atoms with van der Waals surface area (Å²) < 4.78 is 0.954. The van der Waals surface area contributed by atoms with Gasteiger partial charge in [-0.3, -0.25) is 9.59 Å². The monoisotopic (exact) mass is 373 g/mol. The number of hydrogen-bond donors (Lipinski definition) is 0. The van der Waals surface area contributed by atoms with Gasteiger partial charge < -0.3 is 4.84 Å². The van der Waals surface area contributed by atoms with E-state index in [0.717, 1.165) is 10.0 Å². The van der Waals surface area contributed by atoms with Crippen LogP contribution in [-0.4, -0.2) is 22.8 Å². The number of aryl methyl sites for hydroxylation is 1. The summed E-state index contributed by atoms with van der Waals surface area (Å²) in [6.07, 6.45) is 0.546. The highest BCUT2D eigenvalue weighted by molar-refractivity contribution is 9.10. The normalized spacial score (nSPS) is 13.2. The fourth-order valence-corrected chi connectivity index (χ4v) is 2.56. The van der Waals surface area contributed by atoms with E-state index in [9.17, 15) is 14.4 Å². The predicted molar refractivity (Wildman–Crippen MR) is 85.5 cm³/mol. The number of rotatable bonds is 4. The molecule has 1 heterocycles. The molecule has 0 aromatic heterocycles. The van der Waals surface area contributed by atoms with E-state index >= 15 is 0 Å². The number of amides is 2. The topological polar surface area (TPSA) is 63.7 Å². The third-order valence-corrected chi connectivity index (χ3v) is 4.01. The van der Waals surface area contributed by atoms with Gasteiger partial charge in [0.25, 0.3) is 11.8 Å². The predicted octanol–water partition coefficient (Wildman–Crippen LogP) is 3.14. The lowest BCUT2D eigenvalue weighted by atomic mass is 10.1. The number of benzene rings is 2. The molecule has 2 amide bonds. The van der Waals surface area contributed by atoms with Gasteiger partial charge in [0.1, 0.15) is 0 Å². The molecule has 0 unspecified atom stereocenters. The third-order valence-electron chi connectivity index (χ3n) is 3.48. The van der Waals surface area contributed by atoms with Gasteiger partial charge in [0.2, 0.25) is 0 Å². The summed E-state index contributed by atoms with van der Waals surface area (Å²) in [5.74, 6) is -1.84. The maximum atomic E-state index is 12.1. The molecule has 0 atom stereocenters. The van der Waals surface area contributed by atoms with E-state index in [4.69, 9.17) is 4.84 Å². The Morgan fingerprint density at radius 3 is 2.09 bits per heavy atom. The molecule has 23 heavy (non-hydrogen) atoms. The molecule has 2 aromatic rings. The van der Waals surface area contributed by atoms with Gasteiger partial charge in [-0.15, -0.1) is 0 Å². The number of halogens is 1. The molecule has 0 fully saturated rings. The molecule has 0 saturated carbocycles.